The number of amides is 1. The summed E-state index contributed by atoms with van der Waals surface area (Å²) in [5.41, 5.74) is 3.07. The SMILES string of the molecule is COc1cc(C2/C(=C(/O)c3ccc(OCc4ccccc4C)cc3)C(=O)C(=O)N2CCCn2ccnc2)ccc1O. The van der Waals surface area contributed by atoms with Crippen molar-refractivity contribution in [2.45, 2.75) is 32.5 Å². The number of likely N-dealkylation sites (tertiary alicyclic amines) is 1. The molecule has 0 bridgehead atoms. The number of rotatable bonds is 10. The number of hydrogen-bond donors (Lipinski definition) is 2. The van der Waals surface area contributed by atoms with Gasteiger partial charge in [-0.2, -0.15) is 0 Å². The van der Waals surface area contributed by atoms with Crippen LogP contribution in [-0.2, 0) is 22.7 Å². The molecule has 1 aromatic heterocycles. The van der Waals surface area contributed by atoms with Gasteiger partial charge in [0.2, 0.25) is 0 Å². The Morgan fingerprint density at radius 2 is 1.80 bits per heavy atom. The van der Waals surface area contributed by atoms with Gasteiger partial charge in [0.05, 0.1) is 25.1 Å². The summed E-state index contributed by atoms with van der Waals surface area (Å²) in [5.74, 6) is -1.04. The molecule has 3 aromatic carbocycles. The molecule has 210 valence electrons. The number of aliphatic hydroxyl groups excluding tert-OH is 1. The van der Waals surface area contributed by atoms with Crippen LogP contribution in [0.4, 0.5) is 0 Å². The third-order valence-corrected chi connectivity index (χ3v) is 7.22. The van der Waals surface area contributed by atoms with Gasteiger partial charge in [0.15, 0.2) is 11.5 Å². The standard InChI is InChI=1S/C32H31N3O6/c1-21-6-3-4-7-24(21)19-41-25-11-8-22(9-12-25)30(37)28-29(23-10-13-26(36)27(18-23)40-2)35(32(39)31(28)38)16-5-15-34-17-14-33-20-34/h3-4,6-14,17-18,20,29,36-37H,5,15-16,19H2,1-2H3/b30-28-. The molecule has 1 aliphatic rings. The fourth-order valence-electron chi connectivity index (χ4n) is 4.96. The van der Waals surface area contributed by atoms with Crippen LogP contribution in [0.5, 0.6) is 17.2 Å². The Labute approximate surface area is 237 Å². The van der Waals surface area contributed by atoms with Crippen molar-refractivity contribution < 1.29 is 29.3 Å². The van der Waals surface area contributed by atoms with Gasteiger partial charge in [-0.1, -0.05) is 30.3 Å². The number of methoxy groups -OCH3 is 1. The van der Waals surface area contributed by atoms with Gasteiger partial charge in [-0.15, -0.1) is 0 Å². The highest BCUT2D eigenvalue weighted by Gasteiger charge is 2.46. The molecule has 1 saturated heterocycles. The molecule has 0 radical (unpaired) electrons. The third kappa shape index (κ3) is 5.79. The summed E-state index contributed by atoms with van der Waals surface area (Å²) in [6.07, 6.45) is 5.74. The lowest BCUT2D eigenvalue weighted by atomic mass is 9.95. The summed E-state index contributed by atoms with van der Waals surface area (Å²) >= 11 is 0. The predicted octanol–water partition coefficient (Wildman–Crippen LogP) is 5.00. The monoisotopic (exact) mass is 553 g/mol. The molecule has 4 aromatic rings. The predicted molar refractivity (Wildman–Crippen MR) is 152 cm³/mol. The molecule has 2 heterocycles. The number of nitrogens with zero attached hydrogens (tertiary/aromatic N) is 3. The lowest BCUT2D eigenvalue weighted by molar-refractivity contribution is -0.139. The summed E-state index contributed by atoms with van der Waals surface area (Å²) in [6, 6.07) is 18.5. The molecule has 0 saturated carbocycles. The molecule has 0 aliphatic carbocycles. The van der Waals surface area contributed by atoms with E-state index in [-0.39, 0.29) is 29.4 Å². The van der Waals surface area contributed by atoms with Gasteiger partial charge in [0.25, 0.3) is 11.7 Å². The topological polar surface area (TPSA) is 114 Å². The summed E-state index contributed by atoms with van der Waals surface area (Å²) in [5, 5.41) is 21.5. The Hall–Kier alpha value is -5.05. The van der Waals surface area contributed by atoms with Crippen molar-refractivity contribution in [1.29, 1.82) is 0 Å². The first-order valence-corrected chi connectivity index (χ1v) is 13.3. The quantitative estimate of drug-likeness (QED) is 0.161. The first kappa shape index (κ1) is 27.5. The number of carbonyl (C=O) groups excluding carboxylic acids is 2. The minimum Gasteiger partial charge on any atom is -0.507 e. The number of ketones is 1. The number of aryl methyl sites for hydroxylation is 2. The zero-order valence-electron chi connectivity index (χ0n) is 22.9. The van der Waals surface area contributed by atoms with E-state index in [1.165, 1.54) is 18.1 Å². The molecule has 2 N–H and O–H groups in total. The van der Waals surface area contributed by atoms with E-state index in [1.54, 1.807) is 48.9 Å². The van der Waals surface area contributed by atoms with Crippen molar-refractivity contribution in [1.82, 2.24) is 14.5 Å². The average molecular weight is 554 g/mol. The van der Waals surface area contributed by atoms with Crippen LogP contribution in [0.2, 0.25) is 0 Å². The summed E-state index contributed by atoms with van der Waals surface area (Å²) < 4.78 is 13.1. The highest BCUT2D eigenvalue weighted by Crippen LogP contribution is 2.42. The molecular formula is C32H31N3O6. The number of phenolic OH excluding ortho intramolecular Hbond substituents is 1. The van der Waals surface area contributed by atoms with E-state index in [9.17, 15) is 19.8 Å². The molecule has 41 heavy (non-hydrogen) atoms. The normalized spacial score (nSPS) is 16.2. The van der Waals surface area contributed by atoms with Crippen LogP contribution in [-0.4, -0.2) is 50.0 Å². The van der Waals surface area contributed by atoms with Gasteiger partial charge in [-0.3, -0.25) is 9.59 Å². The Bertz CT molecular complexity index is 1580. The Kier molecular flexibility index (Phi) is 8.05. The van der Waals surface area contributed by atoms with E-state index in [0.717, 1.165) is 11.1 Å². The second-order valence-electron chi connectivity index (χ2n) is 9.82. The summed E-state index contributed by atoms with van der Waals surface area (Å²) in [6.45, 7) is 3.27. The maximum atomic E-state index is 13.4. The number of benzene rings is 3. The van der Waals surface area contributed by atoms with E-state index in [1.807, 2.05) is 42.0 Å². The second-order valence-corrected chi connectivity index (χ2v) is 9.82. The maximum absolute atomic E-state index is 13.4. The van der Waals surface area contributed by atoms with Gasteiger partial charge < -0.3 is 29.2 Å². The van der Waals surface area contributed by atoms with E-state index in [0.29, 0.717) is 36.4 Å². The lowest BCUT2D eigenvalue weighted by Crippen LogP contribution is -2.31. The Balaban J connectivity index is 1.45. The molecule has 5 rings (SSSR count). The molecule has 1 fully saturated rings. The van der Waals surface area contributed by atoms with Gasteiger partial charge in [-0.25, -0.2) is 4.98 Å². The van der Waals surface area contributed by atoms with Gasteiger partial charge in [0.1, 0.15) is 18.1 Å². The van der Waals surface area contributed by atoms with Gasteiger partial charge in [-0.05, 0) is 66.4 Å². The number of Topliss-reactive ketones (excluding diaryl/α,β-unsaturated/α-hetero) is 1. The van der Waals surface area contributed by atoms with Gasteiger partial charge >= 0.3 is 0 Å². The first-order chi connectivity index (χ1) is 19.9. The molecule has 0 spiro atoms. The lowest BCUT2D eigenvalue weighted by Gasteiger charge is -2.26. The largest absolute Gasteiger partial charge is 0.507 e. The van der Waals surface area contributed by atoms with Crippen LogP contribution in [0.3, 0.4) is 0 Å². The number of imidazole rings is 1. The molecule has 1 amide bonds. The number of aliphatic hydroxyl groups is 1. The van der Waals surface area contributed by atoms with Crippen LogP contribution in [0.15, 0.2) is 91.0 Å². The van der Waals surface area contributed by atoms with Crippen molar-refractivity contribution in [2.24, 2.45) is 0 Å². The Morgan fingerprint density at radius 3 is 2.51 bits per heavy atom. The zero-order valence-corrected chi connectivity index (χ0v) is 22.9. The highest BCUT2D eigenvalue weighted by atomic mass is 16.5. The number of hydrogen-bond acceptors (Lipinski definition) is 7. The molecule has 9 heteroatoms. The zero-order chi connectivity index (χ0) is 28.9. The molecular weight excluding hydrogens is 522 g/mol. The van der Waals surface area contributed by atoms with Gasteiger partial charge in [0, 0.05) is 31.0 Å². The van der Waals surface area contributed by atoms with Crippen LogP contribution in [0, 0.1) is 6.92 Å². The minimum absolute atomic E-state index is 0.0287. The number of ether oxygens (including phenoxy) is 2. The Morgan fingerprint density at radius 1 is 1.02 bits per heavy atom. The summed E-state index contributed by atoms with van der Waals surface area (Å²) in [4.78, 5) is 32.1. The van der Waals surface area contributed by atoms with E-state index < -0.39 is 17.7 Å². The molecule has 1 aliphatic heterocycles. The number of aromatic hydroxyl groups is 1. The van der Waals surface area contributed by atoms with E-state index in [2.05, 4.69) is 4.98 Å². The highest BCUT2D eigenvalue weighted by molar-refractivity contribution is 6.46. The van der Waals surface area contributed by atoms with E-state index in [4.69, 9.17) is 9.47 Å². The average Bonchev–Trinajstić information content (AvgIpc) is 3.59. The number of aromatic nitrogens is 2. The second kappa shape index (κ2) is 12.0. The van der Waals surface area contributed by atoms with Crippen molar-refractivity contribution >= 4 is 17.4 Å². The van der Waals surface area contributed by atoms with Crippen molar-refractivity contribution in [3.05, 3.63) is 113 Å². The van der Waals surface area contributed by atoms with Crippen LogP contribution in [0.25, 0.3) is 5.76 Å². The van der Waals surface area contributed by atoms with Crippen molar-refractivity contribution in [3.63, 3.8) is 0 Å². The van der Waals surface area contributed by atoms with Crippen LogP contribution >= 0.6 is 0 Å². The first-order valence-electron chi connectivity index (χ1n) is 13.3. The van der Waals surface area contributed by atoms with E-state index >= 15 is 0 Å². The smallest absolute Gasteiger partial charge is 0.295 e. The minimum atomic E-state index is -0.871. The van der Waals surface area contributed by atoms with Crippen LogP contribution in [0.1, 0.15) is 34.7 Å². The summed E-state index contributed by atoms with van der Waals surface area (Å²) in [7, 11) is 1.42. The molecule has 9 nitrogen and oxygen atoms in total. The van der Waals surface area contributed by atoms with Crippen LogP contribution < -0.4 is 9.47 Å². The van der Waals surface area contributed by atoms with Crippen molar-refractivity contribution in [2.75, 3.05) is 13.7 Å². The molecule has 1 atom stereocenters. The fourth-order valence-corrected chi connectivity index (χ4v) is 4.96. The maximum Gasteiger partial charge on any atom is 0.295 e. The molecule has 1 unspecified atom stereocenters. The number of carbonyl (C=O) groups is 2. The number of phenols is 1. The fraction of sp³-hybridized carbons (Fsp3) is 0.219. The van der Waals surface area contributed by atoms with Crippen molar-refractivity contribution in [3.8, 4) is 17.2 Å². The third-order valence-electron chi connectivity index (χ3n) is 7.22.